The zero-order valence-electron chi connectivity index (χ0n) is 34.3. The number of para-hydroxylation sites is 3. The molecule has 13 rings (SSSR count). The van der Waals surface area contributed by atoms with Gasteiger partial charge in [-0.25, -0.2) is 9.97 Å². The summed E-state index contributed by atoms with van der Waals surface area (Å²) in [5, 5.41) is 12.8. The topological polar surface area (TPSA) is 43.9 Å². The van der Waals surface area contributed by atoms with Crippen LogP contribution in [-0.2, 0) is 0 Å². The van der Waals surface area contributed by atoms with Gasteiger partial charge in [0.05, 0.1) is 22.2 Å². The molecule has 0 radical (unpaired) electrons. The van der Waals surface area contributed by atoms with E-state index in [2.05, 4.69) is 193 Å². The number of aromatic nitrogens is 3. The molecule has 0 aliphatic carbocycles. The van der Waals surface area contributed by atoms with E-state index >= 15 is 0 Å². The Labute approximate surface area is 358 Å². The van der Waals surface area contributed by atoms with E-state index in [1.54, 1.807) is 0 Å². The summed E-state index contributed by atoms with van der Waals surface area (Å²) in [7, 11) is 0. The first kappa shape index (κ1) is 35.8. The van der Waals surface area contributed by atoms with E-state index < -0.39 is 0 Å². The molecule has 3 heterocycles. The van der Waals surface area contributed by atoms with Crippen molar-refractivity contribution < 1.29 is 4.42 Å². The maximum Gasteiger partial charge on any atom is 0.235 e. The molecule has 10 aromatic carbocycles. The first-order valence-corrected chi connectivity index (χ1v) is 21.4. The average Bonchev–Trinajstić information content (AvgIpc) is 3.91. The van der Waals surface area contributed by atoms with Crippen LogP contribution in [0.4, 0.5) is 0 Å². The molecule has 4 nitrogen and oxygen atoms in total. The summed E-state index contributed by atoms with van der Waals surface area (Å²) in [6, 6.07) is 71.4. The van der Waals surface area contributed by atoms with Gasteiger partial charge >= 0.3 is 0 Å². The van der Waals surface area contributed by atoms with Crippen molar-refractivity contribution in [3.05, 3.63) is 200 Å². The predicted molar refractivity (Wildman–Crippen MR) is 261 cm³/mol. The summed E-state index contributed by atoms with van der Waals surface area (Å²) >= 11 is 0. The number of fused-ring (bicyclic) bond motifs is 13. The third-order valence-corrected chi connectivity index (χ3v) is 12.4. The fraction of sp³-hybridized carbons (Fsp3) is 0.0345. The lowest BCUT2D eigenvalue weighted by molar-refractivity contribution is 0.669. The summed E-state index contributed by atoms with van der Waals surface area (Å²) in [6.07, 6.45) is 0. The van der Waals surface area contributed by atoms with Gasteiger partial charge in [0.25, 0.3) is 0 Å². The quantitative estimate of drug-likeness (QED) is 0.167. The fourth-order valence-corrected chi connectivity index (χ4v) is 9.72. The Balaban J connectivity index is 0.00000202. The Kier molecular flexibility index (Phi) is 8.26. The van der Waals surface area contributed by atoms with Crippen molar-refractivity contribution in [1.29, 1.82) is 0 Å². The van der Waals surface area contributed by atoms with Crippen LogP contribution in [0.15, 0.2) is 205 Å². The first-order valence-electron chi connectivity index (χ1n) is 21.4. The van der Waals surface area contributed by atoms with Crippen LogP contribution in [0.1, 0.15) is 13.8 Å². The van der Waals surface area contributed by atoms with Crippen molar-refractivity contribution in [3.63, 3.8) is 0 Å². The number of benzene rings is 10. The minimum Gasteiger partial charge on any atom is -0.456 e. The van der Waals surface area contributed by atoms with Crippen LogP contribution in [0.5, 0.6) is 0 Å². The van der Waals surface area contributed by atoms with Gasteiger partial charge in [0.15, 0.2) is 0 Å². The second-order valence-corrected chi connectivity index (χ2v) is 15.7. The van der Waals surface area contributed by atoms with Crippen LogP contribution >= 0.6 is 0 Å². The molecule has 0 fully saturated rings. The van der Waals surface area contributed by atoms with Gasteiger partial charge in [-0.3, -0.25) is 4.57 Å². The van der Waals surface area contributed by atoms with Crippen LogP contribution in [0.3, 0.4) is 0 Å². The molecule has 292 valence electrons. The number of hydrogen-bond donors (Lipinski definition) is 0. The van der Waals surface area contributed by atoms with Crippen LogP contribution < -0.4 is 0 Å². The zero-order chi connectivity index (χ0) is 41.3. The van der Waals surface area contributed by atoms with Gasteiger partial charge in [-0.15, -0.1) is 0 Å². The van der Waals surface area contributed by atoms with Crippen molar-refractivity contribution in [1.82, 2.24) is 14.5 Å². The molecule has 0 aliphatic heterocycles. The molecule has 4 heteroatoms. The van der Waals surface area contributed by atoms with Crippen molar-refractivity contribution in [2.75, 3.05) is 0 Å². The molecule has 0 saturated carbocycles. The molecule has 62 heavy (non-hydrogen) atoms. The van der Waals surface area contributed by atoms with Gasteiger partial charge in [-0.2, -0.15) is 0 Å². The minimum atomic E-state index is 0.625. The van der Waals surface area contributed by atoms with Crippen LogP contribution in [-0.4, -0.2) is 14.5 Å². The highest BCUT2D eigenvalue weighted by atomic mass is 16.3. The smallest absolute Gasteiger partial charge is 0.235 e. The molecule has 3 aromatic heterocycles. The Morgan fingerprint density at radius 1 is 0.371 bits per heavy atom. The normalized spacial score (nSPS) is 11.7. The van der Waals surface area contributed by atoms with E-state index in [1.807, 2.05) is 26.0 Å². The van der Waals surface area contributed by atoms with E-state index in [0.29, 0.717) is 5.95 Å². The first-order chi connectivity index (χ1) is 30.8. The average molecular weight is 794 g/mol. The molecule has 0 atom stereocenters. The third-order valence-electron chi connectivity index (χ3n) is 12.4. The van der Waals surface area contributed by atoms with Gasteiger partial charge in [-0.05, 0) is 67.9 Å². The number of furan rings is 1. The Hall–Kier alpha value is -8.08. The van der Waals surface area contributed by atoms with E-state index in [0.717, 1.165) is 77.0 Å². The molecule has 0 spiro atoms. The molecule has 0 N–H and O–H groups in total. The summed E-state index contributed by atoms with van der Waals surface area (Å²) < 4.78 is 8.79. The summed E-state index contributed by atoms with van der Waals surface area (Å²) in [6.45, 7) is 4.00. The molecule has 0 unspecified atom stereocenters. The number of rotatable bonds is 4. The highest BCUT2D eigenvalue weighted by Gasteiger charge is 2.24. The van der Waals surface area contributed by atoms with Gasteiger partial charge < -0.3 is 4.42 Å². The third kappa shape index (κ3) is 5.40. The number of hydrogen-bond acceptors (Lipinski definition) is 3. The number of nitrogens with zero attached hydrogens (tertiary/aromatic N) is 3. The fourth-order valence-electron chi connectivity index (χ4n) is 9.72. The van der Waals surface area contributed by atoms with Crippen molar-refractivity contribution in [2.45, 2.75) is 13.8 Å². The molecule has 0 amide bonds. The minimum absolute atomic E-state index is 0.625. The van der Waals surface area contributed by atoms with E-state index in [4.69, 9.17) is 14.4 Å². The largest absolute Gasteiger partial charge is 0.456 e. The standard InChI is InChI=1S/C56H33N3O.C2H6/c1-2-15-38-34(13-1)14-11-22-39(38)35-27-29-36(30-28-35)53-47-21-7-9-25-49(47)57-56(58-53)59-54-40(37-31-32-44-43-18-8-10-26-50(43)60-51(44)33-37)23-12-24-48(54)52-45-19-5-3-16-41(45)42-17-4-6-20-46(42)55(52)59;1-2/h1-33H;1-2H3. The highest BCUT2D eigenvalue weighted by molar-refractivity contribution is 6.33. The van der Waals surface area contributed by atoms with Crippen LogP contribution in [0.2, 0.25) is 0 Å². The van der Waals surface area contributed by atoms with Crippen molar-refractivity contribution in [2.24, 2.45) is 0 Å². The predicted octanol–water partition coefficient (Wildman–Crippen LogP) is 16.1. The Morgan fingerprint density at radius 3 is 1.76 bits per heavy atom. The lowest BCUT2D eigenvalue weighted by Crippen LogP contribution is -2.04. The maximum absolute atomic E-state index is 6.45. The van der Waals surface area contributed by atoms with E-state index in [-0.39, 0.29) is 0 Å². The van der Waals surface area contributed by atoms with E-state index in [1.165, 1.54) is 43.4 Å². The van der Waals surface area contributed by atoms with Gasteiger partial charge in [-0.1, -0.05) is 190 Å². The lowest BCUT2D eigenvalue weighted by atomic mass is 9.96. The van der Waals surface area contributed by atoms with Crippen LogP contribution in [0, 0.1) is 0 Å². The van der Waals surface area contributed by atoms with Crippen LogP contribution in [0.25, 0.3) is 126 Å². The monoisotopic (exact) mass is 793 g/mol. The summed E-state index contributed by atoms with van der Waals surface area (Å²) in [5.74, 6) is 0.625. The zero-order valence-corrected chi connectivity index (χ0v) is 34.3. The Bertz CT molecular complexity index is 3890. The Morgan fingerprint density at radius 2 is 0.935 bits per heavy atom. The SMILES string of the molecule is CC.c1ccc2c(-c3ccc(-c4nc(-n5c6c(-c7ccc8c(c7)oc7ccccc78)cccc6c6c7ccccc7c7ccccc7c65)nc5ccccc45)cc3)cccc2c1. The van der Waals surface area contributed by atoms with Crippen molar-refractivity contribution in [3.8, 4) is 39.5 Å². The second kappa shape index (κ2) is 14.3. The second-order valence-electron chi connectivity index (χ2n) is 15.7. The van der Waals surface area contributed by atoms with Gasteiger partial charge in [0.1, 0.15) is 11.2 Å². The highest BCUT2D eigenvalue weighted by Crippen LogP contribution is 2.46. The summed E-state index contributed by atoms with van der Waals surface area (Å²) in [5.41, 5.74) is 11.2. The maximum atomic E-state index is 6.45. The summed E-state index contributed by atoms with van der Waals surface area (Å²) in [4.78, 5) is 11.0. The molecule has 0 aliphatic rings. The molecule has 0 saturated heterocycles. The molecule has 13 aromatic rings. The molecule has 0 bridgehead atoms. The van der Waals surface area contributed by atoms with Crippen molar-refractivity contribution >= 4 is 87.0 Å². The molecular weight excluding hydrogens is 755 g/mol. The molecular formula is C58H39N3O. The van der Waals surface area contributed by atoms with E-state index in [9.17, 15) is 0 Å². The lowest BCUT2D eigenvalue weighted by Gasteiger charge is -2.15. The van der Waals surface area contributed by atoms with Gasteiger partial charge in [0, 0.05) is 43.4 Å². The van der Waals surface area contributed by atoms with Gasteiger partial charge in [0.2, 0.25) is 5.95 Å².